The van der Waals surface area contributed by atoms with Crippen LogP contribution in [-0.4, -0.2) is 15.1 Å². The second-order valence-corrected chi connectivity index (χ2v) is 5.12. The number of ether oxygens (including phenoxy) is 1. The molecule has 1 aromatic carbocycles. The van der Waals surface area contributed by atoms with Gasteiger partial charge in [0.25, 0.3) is 0 Å². The van der Waals surface area contributed by atoms with E-state index in [1.54, 1.807) is 6.20 Å². The fraction of sp³-hybridized carbons (Fsp3) is 0.375. The first kappa shape index (κ1) is 13.1. The number of benzene rings is 1. The molecular formula is C16H18N2O2. The first-order chi connectivity index (χ1) is 9.78. The van der Waals surface area contributed by atoms with Crippen LogP contribution in [0, 0.1) is 6.92 Å². The van der Waals surface area contributed by atoms with Crippen molar-refractivity contribution in [2.45, 2.75) is 38.9 Å². The van der Waals surface area contributed by atoms with E-state index in [9.17, 15) is 0 Å². The fourth-order valence-electron chi connectivity index (χ4n) is 2.64. The largest absolute Gasteiger partial charge is 0.455 e. The molecule has 4 nitrogen and oxygen atoms in total. The SMILES string of the molecule is Cc1nc(OC2CCCc3ccccc32)ncc1CO. The lowest BCUT2D eigenvalue weighted by Crippen LogP contribution is -2.16. The van der Waals surface area contributed by atoms with E-state index in [0.29, 0.717) is 6.01 Å². The molecule has 0 saturated heterocycles. The number of fused-ring (bicyclic) bond motifs is 1. The zero-order chi connectivity index (χ0) is 13.9. The summed E-state index contributed by atoms with van der Waals surface area (Å²) >= 11 is 0. The maximum Gasteiger partial charge on any atom is 0.317 e. The first-order valence-corrected chi connectivity index (χ1v) is 6.96. The quantitative estimate of drug-likeness (QED) is 0.931. The van der Waals surface area contributed by atoms with E-state index in [1.807, 2.05) is 13.0 Å². The van der Waals surface area contributed by atoms with Gasteiger partial charge in [-0.3, -0.25) is 0 Å². The number of nitrogens with zero attached hydrogens (tertiary/aromatic N) is 2. The number of rotatable bonds is 3. The van der Waals surface area contributed by atoms with Gasteiger partial charge in [-0.1, -0.05) is 24.3 Å². The van der Waals surface area contributed by atoms with Gasteiger partial charge in [-0.25, -0.2) is 9.97 Å². The Kier molecular flexibility index (Phi) is 3.65. The average Bonchev–Trinajstić information content (AvgIpc) is 2.48. The number of aromatic nitrogens is 2. The highest BCUT2D eigenvalue weighted by atomic mass is 16.5. The molecule has 0 aliphatic heterocycles. The van der Waals surface area contributed by atoms with Crippen molar-refractivity contribution < 1.29 is 9.84 Å². The summed E-state index contributed by atoms with van der Waals surface area (Å²) in [5, 5.41) is 9.14. The molecule has 0 amide bonds. The molecule has 0 radical (unpaired) electrons. The number of aliphatic hydroxyl groups is 1. The summed E-state index contributed by atoms with van der Waals surface area (Å²) in [5.41, 5.74) is 4.10. The van der Waals surface area contributed by atoms with Crippen molar-refractivity contribution in [1.29, 1.82) is 0 Å². The molecule has 1 N–H and O–H groups in total. The highest BCUT2D eigenvalue weighted by Gasteiger charge is 2.22. The van der Waals surface area contributed by atoms with Crippen LogP contribution < -0.4 is 4.74 Å². The summed E-state index contributed by atoms with van der Waals surface area (Å²) in [6.07, 6.45) is 4.88. The number of hydrogen-bond acceptors (Lipinski definition) is 4. The Labute approximate surface area is 118 Å². The molecule has 0 fully saturated rings. The highest BCUT2D eigenvalue weighted by molar-refractivity contribution is 5.31. The van der Waals surface area contributed by atoms with Gasteiger partial charge in [-0.05, 0) is 37.3 Å². The predicted octanol–water partition coefficient (Wildman–Crippen LogP) is 2.73. The van der Waals surface area contributed by atoms with Gasteiger partial charge in [0.15, 0.2) is 0 Å². The van der Waals surface area contributed by atoms with Crippen LogP contribution in [0.1, 0.15) is 41.3 Å². The molecule has 1 unspecified atom stereocenters. The predicted molar refractivity (Wildman–Crippen MR) is 75.4 cm³/mol. The first-order valence-electron chi connectivity index (χ1n) is 6.96. The van der Waals surface area contributed by atoms with Crippen LogP contribution in [-0.2, 0) is 13.0 Å². The molecular weight excluding hydrogens is 252 g/mol. The highest BCUT2D eigenvalue weighted by Crippen LogP contribution is 2.32. The van der Waals surface area contributed by atoms with E-state index in [0.717, 1.165) is 30.5 Å². The third-order valence-corrected chi connectivity index (χ3v) is 3.79. The van der Waals surface area contributed by atoms with Gasteiger partial charge in [-0.2, -0.15) is 0 Å². The molecule has 2 aromatic rings. The number of hydrogen-bond donors (Lipinski definition) is 1. The number of aliphatic hydroxyl groups excluding tert-OH is 1. The molecule has 104 valence electrons. The smallest absolute Gasteiger partial charge is 0.317 e. The number of aryl methyl sites for hydroxylation is 2. The van der Waals surface area contributed by atoms with E-state index in [2.05, 4.69) is 28.2 Å². The van der Waals surface area contributed by atoms with Gasteiger partial charge in [0, 0.05) is 11.8 Å². The Hall–Kier alpha value is -1.94. The molecule has 3 rings (SSSR count). The molecule has 1 aliphatic rings. The van der Waals surface area contributed by atoms with Crippen molar-refractivity contribution in [2.24, 2.45) is 0 Å². The maximum atomic E-state index is 9.14. The van der Waals surface area contributed by atoms with Crippen molar-refractivity contribution in [3.63, 3.8) is 0 Å². The fourth-order valence-corrected chi connectivity index (χ4v) is 2.64. The van der Waals surface area contributed by atoms with Gasteiger partial charge < -0.3 is 9.84 Å². The van der Waals surface area contributed by atoms with Crippen LogP contribution in [0.15, 0.2) is 30.5 Å². The molecule has 4 heteroatoms. The van der Waals surface area contributed by atoms with Crippen LogP contribution in [0.2, 0.25) is 0 Å². The Morgan fingerprint density at radius 3 is 3.00 bits per heavy atom. The summed E-state index contributed by atoms with van der Waals surface area (Å²) in [7, 11) is 0. The molecule has 1 heterocycles. The lowest BCUT2D eigenvalue weighted by Gasteiger charge is -2.25. The molecule has 20 heavy (non-hydrogen) atoms. The molecule has 1 aliphatic carbocycles. The molecule has 0 spiro atoms. The Morgan fingerprint density at radius 1 is 1.35 bits per heavy atom. The third-order valence-electron chi connectivity index (χ3n) is 3.79. The van der Waals surface area contributed by atoms with Crippen LogP contribution in [0.5, 0.6) is 6.01 Å². The minimum Gasteiger partial charge on any atom is -0.455 e. The lowest BCUT2D eigenvalue weighted by molar-refractivity contribution is 0.166. The van der Waals surface area contributed by atoms with E-state index in [1.165, 1.54) is 11.1 Å². The lowest BCUT2D eigenvalue weighted by atomic mass is 9.89. The second-order valence-electron chi connectivity index (χ2n) is 5.12. The minimum atomic E-state index is -0.0433. The summed E-state index contributed by atoms with van der Waals surface area (Å²) < 4.78 is 5.96. The van der Waals surface area contributed by atoms with Gasteiger partial charge >= 0.3 is 6.01 Å². The van der Waals surface area contributed by atoms with Crippen LogP contribution in [0.3, 0.4) is 0 Å². The molecule has 0 saturated carbocycles. The van der Waals surface area contributed by atoms with Crippen molar-refractivity contribution in [3.05, 3.63) is 52.8 Å². The van der Waals surface area contributed by atoms with E-state index >= 15 is 0 Å². The van der Waals surface area contributed by atoms with Crippen molar-refractivity contribution >= 4 is 0 Å². The van der Waals surface area contributed by atoms with E-state index in [4.69, 9.17) is 9.84 Å². The summed E-state index contributed by atoms with van der Waals surface area (Å²) in [6.45, 7) is 1.81. The van der Waals surface area contributed by atoms with Crippen LogP contribution in [0.25, 0.3) is 0 Å². The Morgan fingerprint density at radius 2 is 2.20 bits per heavy atom. The van der Waals surface area contributed by atoms with Gasteiger partial charge in [0.2, 0.25) is 0 Å². The minimum absolute atomic E-state index is 0.0272. The Bertz CT molecular complexity index is 613. The standard InChI is InChI=1S/C16H18N2O2/c1-11-13(10-19)9-17-16(18-11)20-15-8-4-6-12-5-2-3-7-14(12)15/h2-3,5,7,9,15,19H,4,6,8,10H2,1H3. The topological polar surface area (TPSA) is 55.2 Å². The average molecular weight is 270 g/mol. The monoisotopic (exact) mass is 270 g/mol. The molecule has 1 atom stereocenters. The Balaban J connectivity index is 1.84. The summed E-state index contributed by atoms with van der Waals surface area (Å²) in [5.74, 6) is 0. The van der Waals surface area contributed by atoms with E-state index < -0.39 is 0 Å². The van der Waals surface area contributed by atoms with Crippen molar-refractivity contribution in [2.75, 3.05) is 0 Å². The van der Waals surface area contributed by atoms with Gasteiger partial charge in [-0.15, -0.1) is 0 Å². The normalized spacial score (nSPS) is 17.6. The van der Waals surface area contributed by atoms with Crippen LogP contribution in [0.4, 0.5) is 0 Å². The third kappa shape index (κ3) is 2.51. The van der Waals surface area contributed by atoms with Gasteiger partial charge in [0.05, 0.1) is 12.3 Å². The second kappa shape index (κ2) is 5.59. The summed E-state index contributed by atoms with van der Waals surface area (Å²) in [4.78, 5) is 8.50. The van der Waals surface area contributed by atoms with E-state index in [-0.39, 0.29) is 12.7 Å². The molecule has 1 aromatic heterocycles. The zero-order valence-corrected chi connectivity index (χ0v) is 11.5. The molecule has 0 bridgehead atoms. The van der Waals surface area contributed by atoms with Crippen molar-refractivity contribution in [3.8, 4) is 6.01 Å². The maximum absolute atomic E-state index is 9.14. The van der Waals surface area contributed by atoms with Gasteiger partial charge in [0.1, 0.15) is 6.10 Å². The zero-order valence-electron chi connectivity index (χ0n) is 11.5. The summed E-state index contributed by atoms with van der Waals surface area (Å²) in [6, 6.07) is 8.78. The van der Waals surface area contributed by atoms with Crippen LogP contribution >= 0.6 is 0 Å². The van der Waals surface area contributed by atoms with Crippen molar-refractivity contribution in [1.82, 2.24) is 9.97 Å².